The summed E-state index contributed by atoms with van der Waals surface area (Å²) in [4.78, 5) is 43.6. The smallest absolute Gasteiger partial charge is 0.236 e. The number of rotatable bonds is 8. The number of benzene rings is 2. The third-order valence-electron chi connectivity index (χ3n) is 9.83. The zero-order valence-electron chi connectivity index (χ0n) is 26.3. The Labute approximate surface area is 272 Å². The van der Waals surface area contributed by atoms with Crippen molar-refractivity contribution in [2.75, 3.05) is 38.0 Å². The molecule has 2 aliphatic heterocycles. The van der Waals surface area contributed by atoms with Crippen molar-refractivity contribution in [1.29, 1.82) is 0 Å². The Kier molecular flexibility index (Phi) is 8.46. The van der Waals surface area contributed by atoms with Crippen LogP contribution in [0, 0.1) is 11.4 Å². The fourth-order valence-electron chi connectivity index (χ4n) is 6.93. The van der Waals surface area contributed by atoms with Crippen LogP contribution in [0.5, 0.6) is 0 Å². The molecule has 0 unspecified atom stereocenters. The van der Waals surface area contributed by atoms with Crippen LogP contribution in [0.1, 0.15) is 44.1 Å². The monoisotopic (exact) mass is 632 g/mol. The summed E-state index contributed by atoms with van der Waals surface area (Å²) < 4.78 is 13.4. The van der Waals surface area contributed by atoms with Crippen LogP contribution >= 0.6 is 0 Å². The van der Waals surface area contributed by atoms with Gasteiger partial charge in [-0.1, -0.05) is 31.2 Å². The topological polar surface area (TPSA) is 120 Å². The van der Waals surface area contributed by atoms with E-state index in [1.165, 1.54) is 17.8 Å². The van der Waals surface area contributed by atoms with Crippen LogP contribution in [0.25, 0.3) is 33.5 Å². The van der Waals surface area contributed by atoms with Gasteiger partial charge in [0.2, 0.25) is 17.8 Å². The van der Waals surface area contributed by atoms with E-state index in [1.807, 2.05) is 36.1 Å². The first-order chi connectivity index (χ1) is 22.9. The van der Waals surface area contributed by atoms with Gasteiger partial charge in [-0.25, -0.2) is 15.0 Å². The lowest BCUT2D eigenvalue weighted by atomic mass is 9.83. The Hall–Kier alpha value is -5.03. The molecular weight excluding hydrogens is 595 g/mol. The van der Waals surface area contributed by atoms with Gasteiger partial charge in [0.25, 0.3) is 0 Å². The molecule has 7 rings (SSSR count). The molecule has 0 saturated carbocycles. The minimum Gasteiger partial charge on any atom is -0.342 e. The van der Waals surface area contributed by atoms with E-state index in [9.17, 15) is 14.0 Å². The van der Waals surface area contributed by atoms with Crippen LogP contribution < -0.4 is 5.32 Å². The largest absolute Gasteiger partial charge is 0.342 e. The summed E-state index contributed by atoms with van der Waals surface area (Å²) in [7, 11) is 0. The molecule has 2 aromatic carbocycles. The molecule has 0 bridgehead atoms. The molecule has 2 amide bonds. The summed E-state index contributed by atoms with van der Waals surface area (Å²) in [6.07, 6.45) is 8.15. The summed E-state index contributed by atoms with van der Waals surface area (Å²) in [5.41, 5.74) is 4.48. The molecule has 2 N–H and O–H groups in total. The van der Waals surface area contributed by atoms with Crippen molar-refractivity contribution in [2.45, 2.75) is 38.5 Å². The summed E-state index contributed by atoms with van der Waals surface area (Å²) in [5, 5.41) is 11.3. The maximum Gasteiger partial charge on any atom is 0.236 e. The average Bonchev–Trinajstić information content (AvgIpc) is 3.74. The Bertz CT molecular complexity index is 1870. The SMILES string of the molecule is CC[C@@]1(C(=O)Nc2ccc3[nH]nc(-c4ccc(F)nc4)c3c2)CCN(CC(=O)N2CCC(c3ccc(-c4ncccn4)cc3)CC2)C1. The zero-order valence-corrected chi connectivity index (χ0v) is 26.3. The standard InChI is InChI=1S/C36H37FN8O2/c1-2-36(35(47)41-28-9-10-30-29(20-28)33(43-42-30)27-8-11-31(37)40-21-27)14-19-44(23-36)22-32(46)45-17-12-25(13-18-45)24-4-6-26(7-5-24)34-38-15-3-16-39-34/h3-11,15-16,20-21,25H,2,12-14,17-19,22-23H2,1H3,(H,41,47)(H,42,43)/t36-/m1/s1. The highest BCUT2D eigenvalue weighted by molar-refractivity contribution is 6.00. The lowest BCUT2D eigenvalue weighted by Gasteiger charge is -2.33. The van der Waals surface area contributed by atoms with Gasteiger partial charge >= 0.3 is 0 Å². The van der Waals surface area contributed by atoms with E-state index in [1.54, 1.807) is 18.5 Å². The molecule has 2 saturated heterocycles. The molecule has 3 aromatic heterocycles. The number of H-pyrrole nitrogens is 1. The van der Waals surface area contributed by atoms with E-state index in [0.29, 0.717) is 55.3 Å². The summed E-state index contributed by atoms with van der Waals surface area (Å²) >= 11 is 0. The number of hydrogen-bond acceptors (Lipinski definition) is 7. The molecule has 2 fully saturated rings. The Morgan fingerprint density at radius 3 is 2.47 bits per heavy atom. The van der Waals surface area contributed by atoms with Gasteiger partial charge in [0.1, 0.15) is 5.69 Å². The van der Waals surface area contributed by atoms with Crippen molar-refractivity contribution in [3.63, 3.8) is 0 Å². The number of aromatic amines is 1. The number of halogens is 1. The number of fused-ring (bicyclic) bond motifs is 1. The highest BCUT2D eigenvalue weighted by atomic mass is 19.1. The van der Waals surface area contributed by atoms with Gasteiger partial charge in [-0.2, -0.15) is 9.49 Å². The van der Waals surface area contributed by atoms with Crippen LogP contribution in [0.4, 0.5) is 10.1 Å². The predicted molar refractivity (Wildman–Crippen MR) is 178 cm³/mol. The minimum absolute atomic E-state index is 0.0477. The fourth-order valence-corrected chi connectivity index (χ4v) is 6.93. The van der Waals surface area contributed by atoms with E-state index >= 15 is 0 Å². The van der Waals surface area contributed by atoms with Crippen molar-refractivity contribution < 1.29 is 14.0 Å². The van der Waals surface area contributed by atoms with Gasteiger partial charge < -0.3 is 10.2 Å². The number of piperidine rings is 1. The van der Waals surface area contributed by atoms with Crippen molar-refractivity contribution >= 4 is 28.4 Å². The van der Waals surface area contributed by atoms with Gasteiger partial charge in [0, 0.05) is 60.4 Å². The lowest BCUT2D eigenvalue weighted by Crippen LogP contribution is -2.45. The average molecular weight is 633 g/mol. The maximum atomic E-state index is 13.7. The fraction of sp³-hybridized carbons (Fsp3) is 0.333. The number of likely N-dealkylation sites (tertiary alicyclic amines) is 2. The van der Waals surface area contributed by atoms with Crippen LogP contribution in [-0.2, 0) is 9.59 Å². The number of aromatic nitrogens is 5. The van der Waals surface area contributed by atoms with Gasteiger partial charge in [-0.15, -0.1) is 0 Å². The predicted octanol–water partition coefficient (Wildman–Crippen LogP) is 5.67. The number of pyridine rings is 1. The first kappa shape index (κ1) is 30.6. The summed E-state index contributed by atoms with van der Waals surface area (Å²) in [5.74, 6) is 0.657. The minimum atomic E-state index is -0.584. The van der Waals surface area contributed by atoms with Gasteiger partial charge in [-0.3, -0.25) is 19.6 Å². The van der Waals surface area contributed by atoms with E-state index < -0.39 is 11.4 Å². The molecule has 0 aliphatic carbocycles. The molecule has 240 valence electrons. The normalized spacial score (nSPS) is 18.9. The second-order valence-electron chi connectivity index (χ2n) is 12.6. The Balaban J connectivity index is 0.939. The number of hydrogen-bond donors (Lipinski definition) is 2. The highest BCUT2D eigenvalue weighted by Crippen LogP contribution is 2.37. The molecule has 2 aliphatic rings. The number of carbonyl (C=O) groups excluding carboxylic acids is 2. The maximum absolute atomic E-state index is 13.7. The number of nitrogens with zero attached hydrogens (tertiary/aromatic N) is 6. The molecule has 47 heavy (non-hydrogen) atoms. The molecule has 11 heteroatoms. The van der Waals surface area contributed by atoms with E-state index in [2.05, 4.69) is 59.6 Å². The number of carbonyl (C=O) groups is 2. The molecular formula is C36H37FN8O2. The van der Waals surface area contributed by atoms with E-state index in [0.717, 1.165) is 48.2 Å². The number of amides is 2. The molecule has 1 atom stereocenters. The Morgan fingerprint density at radius 2 is 1.74 bits per heavy atom. The first-order valence-electron chi connectivity index (χ1n) is 16.2. The van der Waals surface area contributed by atoms with Crippen molar-refractivity contribution in [3.05, 3.63) is 90.8 Å². The molecule has 0 spiro atoms. The second kappa shape index (κ2) is 13.0. The third-order valence-corrected chi connectivity index (χ3v) is 9.83. The van der Waals surface area contributed by atoms with E-state index in [4.69, 9.17) is 0 Å². The van der Waals surface area contributed by atoms with Crippen LogP contribution in [-0.4, -0.2) is 79.5 Å². The van der Waals surface area contributed by atoms with Crippen molar-refractivity contribution in [3.8, 4) is 22.6 Å². The van der Waals surface area contributed by atoms with Crippen molar-refractivity contribution in [1.82, 2.24) is 34.9 Å². The quantitative estimate of drug-likeness (QED) is 0.212. The van der Waals surface area contributed by atoms with Gasteiger partial charge in [-0.05, 0) is 80.1 Å². The molecule has 0 radical (unpaired) electrons. The first-order valence-corrected chi connectivity index (χ1v) is 16.2. The van der Waals surface area contributed by atoms with Gasteiger partial charge in [0.15, 0.2) is 5.82 Å². The zero-order chi connectivity index (χ0) is 32.4. The van der Waals surface area contributed by atoms with Gasteiger partial charge in [0.05, 0.1) is 17.5 Å². The molecule has 5 heterocycles. The molecule has 5 aromatic rings. The lowest BCUT2D eigenvalue weighted by molar-refractivity contribution is -0.134. The Morgan fingerprint density at radius 1 is 0.979 bits per heavy atom. The summed E-state index contributed by atoms with van der Waals surface area (Å²) in [6, 6.07) is 18.8. The number of anilines is 1. The third kappa shape index (κ3) is 6.35. The van der Waals surface area contributed by atoms with Crippen LogP contribution in [0.15, 0.2) is 79.3 Å². The summed E-state index contributed by atoms with van der Waals surface area (Å²) in [6.45, 7) is 5.05. The highest BCUT2D eigenvalue weighted by Gasteiger charge is 2.43. The van der Waals surface area contributed by atoms with Crippen LogP contribution in [0.2, 0.25) is 0 Å². The number of nitrogens with one attached hydrogen (secondary N) is 2. The van der Waals surface area contributed by atoms with Crippen LogP contribution in [0.3, 0.4) is 0 Å². The van der Waals surface area contributed by atoms with Crippen molar-refractivity contribution in [2.24, 2.45) is 5.41 Å². The van der Waals surface area contributed by atoms with E-state index in [-0.39, 0.29) is 11.8 Å². The molecule has 10 nitrogen and oxygen atoms in total. The second-order valence-corrected chi connectivity index (χ2v) is 12.6.